The van der Waals surface area contributed by atoms with Crippen LogP contribution in [0, 0.1) is 6.92 Å². The maximum absolute atomic E-state index is 6.09. The minimum atomic E-state index is 0.448. The van der Waals surface area contributed by atoms with Gasteiger partial charge in [-0.25, -0.2) is 0 Å². The van der Waals surface area contributed by atoms with Crippen molar-refractivity contribution in [1.29, 1.82) is 0 Å². The number of hydrogen-bond donors (Lipinski definition) is 2. The molecular weight excluding hydrogens is 313 g/mol. The molecular formula is C14H11Cl2N3S. The predicted molar refractivity (Wildman–Crippen MR) is 86.5 cm³/mol. The quantitative estimate of drug-likeness (QED) is 0.697. The van der Waals surface area contributed by atoms with Gasteiger partial charge in [-0.05, 0) is 35.6 Å². The number of nitrogens with one attached hydrogen (secondary N) is 1. The van der Waals surface area contributed by atoms with Gasteiger partial charge in [0.1, 0.15) is 0 Å². The molecule has 0 aliphatic heterocycles. The lowest BCUT2D eigenvalue weighted by atomic mass is 10.0. The number of aromatic amines is 1. The average molecular weight is 324 g/mol. The number of nitrogen functional groups attached to an aromatic ring is 1. The highest BCUT2D eigenvalue weighted by Crippen LogP contribution is 2.39. The van der Waals surface area contributed by atoms with Crippen LogP contribution >= 0.6 is 34.5 Å². The molecule has 6 heteroatoms. The Balaban J connectivity index is 2.21. The fraction of sp³-hybridized carbons (Fsp3) is 0.0714. The van der Waals surface area contributed by atoms with Gasteiger partial charge in [-0.3, -0.25) is 5.10 Å². The van der Waals surface area contributed by atoms with Crippen molar-refractivity contribution in [3.05, 3.63) is 44.6 Å². The summed E-state index contributed by atoms with van der Waals surface area (Å²) in [4.78, 5) is 0. The summed E-state index contributed by atoms with van der Waals surface area (Å²) in [6.45, 7) is 2.06. The molecule has 2 heterocycles. The van der Waals surface area contributed by atoms with Crippen molar-refractivity contribution in [2.24, 2.45) is 0 Å². The fourth-order valence-corrected chi connectivity index (χ4v) is 3.25. The summed E-state index contributed by atoms with van der Waals surface area (Å²) < 4.78 is 0. The lowest BCUT2D eigenvalue weighted by Crippen LogP contribution is -1.89. The maximum atomic E-state index is 6.09. The second-order valence-electron chi connectivity index (χ2n) is 4.46. The first-order valence-electron chi connectivity index (χ1n) is 5.90. The van der Waals surface area contributed by atoms with Crippen LogP contribution in [0.4, 0.5) is 5.82 Å². The minimum absolute atomic E-state index is 0.448. The third-order valence-corrected chi connectivity index (χ3v) is 4.73. The lowest BCUT2D eigenvalue weighted by molar-refractivity contribution is 1.10. The monoisotopic (exact) mass is 323 g/mol. The van der Waals surface area contributed by atoms with Gasteiger partial charge in [-0.2, -0.15) is 16.4 Å². The Bertz CT molecular complexity index is 777. The number of rotatable bonds is 2. The molecule has 3 nitrogen and oxygen atoms in total. The SMILES string of the molecule is Cc1cscc1-c1[nH]nc(N)c1-c1ccc(Cl)c(Cl)c1. The van der Waals surface area contributed by atoms with E-state index in [9.17, 15) is 0 Å². The first-order valence-corrected chi connectivity index (χ1v) is 7.60. The molecule has 0 saturated heterocycles. The number of anilines is 1. The van der Waals surface area contributed by atoms with Crippen molar-refractivity contribution < 1.29 is 0 Å². The molecule has 3 N–H and O–H groups in total. The van der Waals surface area contributed by atoms with Crippen molar-refractivity contribution in [2.75, 3.05) is 5.73 Å². The Morgan fingerprint density at radius 3 is 2.65 bits per heavy atom. The second kappa shape index (κ2) is 5.13. The van der Waals surface area contributed by atoms with E-state index < -0.39 is 0 Å². The number of halogens is 2. The van der Waals surface area contributed by atoms with Gasteiger partial charge in [0.25, 0.3) is 0 Å². The normalized spacial score (nSPS) is 10.9. The topological polar surface area (TPSA) is 54.7 Å². The number of nitrogens with zero attached hydrogens (tertiary/aromatic N) is 1. The van der Waals surface area contributed by atoms with Gasteiger partial charge in [0.05, 0.1) is 21.3 Å². The van der Waals surface area contributed by atoms with Crippen LogP contribution in [0.2, 0.25) is 10.0 Å². The molecule has 102 valence electrons. The van der Waals surface area contributed by atoms with Gasteiger partial charge in [0.2, 0.25) is 0 Å². The number of H-pyrrole nitrogens is 1. The first-order chi connectivity index (χ1) is 9.58. The minimum Gasteiger partial charge on any atom is -0.382 e. The van der Waals surface area contributed by atoms with E-state index in [1.165, 1.54) is 5.56 Å². The molecule has 0 amide bonds. The molecule has 0 aliphatic rings. The molecule has 0 unspecified atom stereocenters. The zero-order valence-corrected chi connectivity index (χ0v) is 12.9. The van der Waals surface area contributed by atoms with Crippen molar-refractivity contribution in [1.82, 2.24) is 10.2 Å². The van der Waals surface area contributed by atoms with Crippen LogP contribution in [0.1, 0.15) is 5.56 Å². The van der Waals surface area contributed by atoms with Gasteiger partial charge >= 0.3 is 0 Å². The van der Waals surface area contributed by atoms with Crippen molar-refractivity contribution in [2.45, 2.75) is 6.92 Å². The van der Waals surface area contributed by atoms with Crippen LogP contribution in [-0.4, -0.2) is 10.2 Å². The van der Waals surface area contributed by atoms with Gasteiger partial charge in [-0.15, -0.1) is 0 Å². The number of hydrogen-bond acceptors (Lipinski definition) is 3. The molecule has 0 spiro atoms. The average Bonchev–Trinajstić information content (AvgIpc) is 2.99. The third kappa shape index (κ3) is 2.20. The third-order valence-electron chi connectivity index (χ3n) is 3.13. The van der Waals surface area contributed by atoms with Crippen LogP contribution in [0.5, 0.6) is 0 Å². The van der Waals surface area contributed by atoms with Crippen molar-refractivity contribution in [3.8, 4) is 22.4 Å². The summed E-state index contributed by atoms with van der Waals surface area (Å²) in [5.74, 6) is 0.448. The van der Waals surface area contributed by atoms with Crippen LogP contribution in [0.25, 0.3) is 22.4 Å². The molecule has 0 saturated carbocycles. The molecule has 2 aromatic heterocycles. The van der Waals surface area contributed by atoms with Gasteiger partial charge < -0.3 is 5.73 Å². The van der Waals surface area contributed by atoms with E-state index in [0.717, 1.165) is 22.4 Å². The standard InChI is InChI=1S/C14H11Cl2N3S/c1-7-5-20-6-9(7)13-12(14(17)19-18-13)8-2-3-10(15)11(16)4-8/h2-6H,1H3,(H3,17,18,19). The van der Waals surface area contributed by atoms with Crippen molar-refractivity contribution >= 4 is 40.4 Å². The van der Waals surface area contributed by atoms with Crippen molar-refractivity contribution in [3.63, 3.8) is 0 Å². The maximum Gasteiger partial charge on any atom is 0.153 e. The van der Waals surface area contributed by atoms with E-state index in [4.69, 9.17) is 28.9 Å². The van der Waals surface area contributed by atoms with E-state index in [1.54, 1.807) is 23.5 Å². The smallest absolute Gasteiger partial charge is 0.153 e. The zero-order valence-electron chi connectivity index (χ0n) is 10.6. The Morgan fingerprint density at radius 1 is 1.20 bits per heavy atom. The van der Waals surface area contributed by atoms with Crippen LogP contribution in [0.3, 0.4) is 0 Å². The molecule has 20 heavy (non-hydrogen) atoms. The number of benzene rings is 1. The molecule has 0 fully saturated rings. The van der Waals surface area contributed by atoms with E-state index in [1.807, 2.05) is 6.07 Å². The highest BCUT2D eigenvalue weighted by atomic mass is 35.5. The summed E-state index contributed by atoms with van der Waals surface area (Å²) in [7, 11) is 0. The molecule has 0 radical (unpaired) electrons. The van der Waals surface area contributed by atoms with Gasteiger partial charge in [-0.1, -0.05) is 29.3 Å². The number of thiophene rings is 1. The number of aromatic nitrogens is 2. The van der Waals surface area contributed by atoms with Crippen LogP contribution in [0.15, 0.2) is 29.0 Å². The molecule has 3 aromatic rings. The molecule has 3 rings (SSSR count). The van der Waals surface area contributed by atoms with Crippen LogP contribution < -0.4 is 5.73 Å². The lowest BCUT2D eigenvalue weighted by Gasteiger charge is -2.06. The number of nitrogens with two attached hydrogens (primary N) is 1. The van der Waals surface area contributed by atoms with E-state index >= 15 is 0 Å². The fourth-order valence-electron chi connectivity index (χ4n) is 2.11. The Labute approximate surface area is 130 Å². The van der Waals surface area contributed by atoms with E-state index in [0.29, 0.717) is 15.9 Å². The van der Waals surface area contributed by atoms with E-state index in [-0.39, 0.29) is 0 Å². The van der Waals surface area contributed by atoms with E-state index in [2.05, 4.69) is 27.9 Å². The summed E-state index contributed by atoms with van der Waals surface area (Å²) in [6, 6.07) is 5.45. The Kier molecular flexibility index (Phi) is 3.46. The summed E-state index contributed by atoms with van der Waals surface area (Å²) in [5.41, 5.74) is 10.9. The first kappa shape index (κ1) is 13.5. The van der Waals surface area contributed by atoms with Gasteiger partial charge in [0.15, 0.2) is 5.82 Å². The predicted octanol–water partition coefficient (Wildman–Crippen LogP) is 5.00. The number of aryl methyl sites for hydroxylation is 1. The van der Waals surface area contributed by atoms with Gasteiger partial charge in [0, 0.05) is 10.9 Å². The Morgan fingerprint density at radius 2 is 2.00 bits per heavy atom. The molecule has 0 aliphatic carbocycles. The highest BCUT2D eigenvalue weighted by Gasteiger charge is 2.17. The molecule has 1 aromatic carbocycles. The van der Waals surface area contributed by atoms with Crippen LogP contribution in [-0.2, 0) is 0 Å². The summed E-state index contributed by atoms with van der Waals surface area (Å²) in [5, 5.41) is 12.3. The summed E-state index contributed by atoms with van der Waals surface area (Å²) >= 11 is 13.7. The Hall–Kier alpha value is -1.49. The zero-order chi connectivity index (χ0) is 14.3. The second-order valence-corrected chi connectivity index (χ2v) is 6.01. The highest BCUT2D eigenvalue weighted by molar-refractivity contribution is 7.08. The largest absolute Gasteiger partial charge is 0.382 e. The molecule has 0 atom stereocenters. The summed E-state index contributed by atoms with van der Waals surface area (Å²) in [6.07, 6.45) is 0. The molecule has 0 bridgehead atoms.